The standard InChI is InChI=1S/C12H9FN2S/c13-11-2-1-8(5-10(11)6-14)12(15)9-3-4-16-7-9/h1-5,7,12H,15H2/t12-/m0/s1. The Hall–Kier alpha value is -1.70. The molecule has 1 aromatic heterocycles. The van der Waals surface area contributed by atoms with Crippen molar-refractivity contribution < 1.29 is 4.39 Å². The Morgan fingerprint density at radius 2 is 2.12 bits per heavy atom. The maximum absolute atomic E-state index is 13.1. The van der Waals surface area contributed by atoms with E-state index >= 15 is 0 Å². The van der Waals surface area contributed by atoms with Gasteiger partial charge in [-0.1, -0.05) is 6.07 Å². The SMILES string of the molecule is N#Cc1cc([C@H](N)c2ccsc2)ccc1F. The van der Waals surface area contributed by atoms with Crippen LogP contribution in [-0.2, 0) is 0 Å². The van der Waals surface area contributed by atoms with Crippen molar-refractivity contribution in [2.24, 2.45) is 5.73 Å². The molecular weight excluding hydrogens is 223 g/mol. The van der Waals surface area contributed by atoms with Gasteiger partial charge in [0.1, 0.15) is 11.9 Å². The smallest absolute Gasteiger partial charge is 0.140 e. The number of hydrogen-bond donors (Lipinski definition) is 1. The molecule has 1 heterocycles. The highest BCUT2D eigenvalue weighted by Gasteiger charge is 2.11. The van der Waals surface area contributed by atoms with Gasteiger partial charge in [-0.2, -0.15) is 16.6 Å². The summed E-state index contributed by atoms with van der Waals surface area (Å²) >= 11 is 1.56. The number of nitrogens with two attached hydrogens (primary N) is 1. The fourth-order valence-electron chi connectivity index (χ4n) is 1.47. The van der Waals surface area contributed by atoms with E-state index in [1.54, 1.807) is 17.4 Å². The van der Waals surface area contributed by atoms with Gasteiger partial charge in [0.05, 0.1) is 11.6 Å². The summed E-state index contributed by atoms with van der Waals surface area (Å²) in [5, 5.41) is 12.6. The minimum Gasteiger partial charge on any atom is -0.320 e. The fourth-order valence-corrected chi connectivity index (χ4v) is 2.16. The van der Waals surface area contributed by atoms with Crippen LogP contribution in [0.3, 0.4) is 0 Å². The first-order valence-electron chi connectivity index (χ1n) is 4.69. The van der Waals surface area contributed by atoms with Crippen molar-refractivity contribution in [2.45, 2.75) is 6.04 Å². The van der Waals surface area contributed by atoms with Crippen molar-refractivity contribution in [3.05, 3.63) is 57.5 Å². The van der Waals surface area contributed by atoms with Crippen LogP contribution in [-0.4, -0.2) is 0 Å². The van der Waals surface area contributed by atoms with Gasteiger partial charge in [-0.15, -0.1) is 0 Å². The lowest BCUT2D eigenvalue weighted by Gasteiger charge is -2.10. The molecule has 1 atom stereocenters. The van der Waals surface area contributed by atoms with E-state index in [0.29, 0.717) is 0 Å². The number of benzene rings is 1. The zero-order chi connectivity index (χ0) is 11.5. The number of halogens is 1. The van der Waals surface area contributed by atoms with Crippen LogP contribution < -0.4 is 5.73 Å². The van der Waals surface area contributed by atoms with Crippen molar-refractivity contribution in [1.29, 1.82) is 5.26 Å². The Labute approximate surface area is 96.8 Å². The monoisotopic (exact) mass is 232 g/mol. The molecule has 80 valence electrons. The molecule has 0 unspecified atom stereocenters. The fraction of sp³-hybridized carbons (Fsp3) is 0.0833. The van der Waals surface area contributed by atoms with Crippen molar-refractivity contribution in [3.63, 3.8) is 0 Å². The lowest BCUT2D eigenvalue weighted by atomic mass is 10.0. The maximum Gasteiger partial charge on any atom is 0.140 e. The molecule has 0 bridgehead atoms. The topological polar surface area (TPSA) is 49.8 Å². The molecule has 0 aliphatic carbocycles. The molecule has 0 aliphatic heterocycles. The van der Waals surface area contributed by atoms with Crippen molar-refractivity contribution in [3.8, 4) is 6.07 Å². The van der Waals surface area contributed by atoms with Gasteiger partial charge in [0.2, 0.25) is 0 Å². The molecule has 2 rings (SSSR count). The highest BCUT2D eigenvalue weighted by atomic mass is 32.1. The second-order valence-corrected chi connectivity index (χ2v) is 4.17. The first-order chi connectivity index (χ1) is 7.72. The molecular formula is C12H9FN2S. The zero-order valence-electron chi connectivity index (χ0n) is 8.35. The lowest BCUT2D eigenvalue weighted by molar-refractivity contribution is 0.622. The van der Waals surface area contributed by atoms with Crippen molar-refractivity contribution in [2.75, 3.05) is 0 Å². The second kappa shape index (κ2) is 4.44. The number of rotatable bonds is 2. The third kappa shape index (κ3) is 1.96. The molecule has 1 aromatic carbocycles. The second-order valence-electron chi connectivity index (χ2n) is 3.39. The van der Waals surface area contributed by atoms with Gasteiger partial charge in [0.15, 0.2) is 0 Å². The van der Waals surface area contributed by atoms with Crippen LogP contribution in [0.25, 0.3) is 0 Å². The predicted molar refractivity (Wildman–Crippen MR) is 61.5 cm³/mol. The van der Waals surface area contributed by atoms with E-state index in [4.69, 9.17) is 11.0 Å². The molecule has 0 saturated carbocycles. The Morgan fingerprint density at radius 3 is 2.75 bits per heavy atom. The van der Waals surface area contributed by atoms with E-state index in [9.17, 15) is 4.39 Å². The van der Waals surface area contributed by atoms with Crippen molar-refractivity contribution in [1.82, 2.24) is 0 Å². The molecule has 16 heavy (non-hydrogen) atoms. The van der Waals surface area contributed by atoms with Gasteiger partial charge in [-0.3, -0.25) is 0 Å². The quantitative estimate of drug-likeness (QED) is 0.865. The number of nitriles is 1. The summed E-state index contributed by atoms with van der Waals surface area (Å²) in [6.45, 7) is 0. The highest BCUT2D eigenvalue weighted by molar-refractivity contribution is 7.08. The summed E-state index contributed by atoms with van der Waals surface area (Å²) < 4.78 is 13.1. The summed E-state index contributed by atoms with van der Waals surface area (Å²) in [5.74, 6) is -0.510. The molecule has 0 fully saturated rings. The summed E-state index contributed by atoms with van der Waals surface area (Å²) in [5.41, 5.74) is 7.76. The molecule has 0 radical (unpaired) electrons. The minimum atomic E-state index is -0.510. The average molecular weight is 232 g/mol. The Bertz CT molecular complexity index is 528. The van der Waals surface area contributed by atoms with Crippen LogP contribution >= 0.6 is 11.3 Å². The van der Waals surface area contributed by atoms with Crippen LogP contribution in [0, 0.1) is 17.1 Å². The first kappa shape index (κ1) is 10.8. The summed E-state index contributed by atoms with van der Waals surface area (Å²) in [6.07, 6.45) is 0. The van der Waals surface area contributed by atoms with Gasteiger partial charge in [0.25, 0.3) is 0 Å². The van der Waals surface area contributed by atoms with Gasteiger partial charge >= 0.3 is 0 Å². The van der Waals surface area contributed by atoms with Gasteiger partial charge in [-0.05, 0) is 40.1 Å². The normalized spacial score (nSPS) is 12.1. The van der Waals surface area contributed by atoms with E-state index in [-0.39, 0.29) is 11.6 Å². The molecule has 2 nitrogen and oxygen atoms in total. The van der Waals surface area contributed by atoms with E-state index in [1.165, 1.54) is 12.1 Å². The third-order valence-corrected chi connectivity index (χ3v) is 3.07. The summed E-state index contributed by atoms with van der Waals surface area (Å²) in [7, 11) is 0. The van der Waals surface area contributed by atoms with E-state index in [1.807, 2.05) is 22.9 Å². The maximum atomic E-state index is 13.1. The Kier molecular flexibility index (Phi) is 3.00. The van der Waals surface area contributed by atoms with E-state index < -0.39 is 5.82 Å². The van der Waals surface area contributed by atoms with Gasteiger partial charge in [-0.25, -0.2) is 4.39 Å². The van der Waals surface area contributed by atoms with Crippen LogP contribution in [0.4, 0.5) is 4.39 Å². The molecule has 0 aliphatic rings. The Morgan fingerprint density at radius 1 is 1.31 bits per heavy atom. The first-order valence-corrected chi connectivity index (χ1v) is 5.64. The molecule has 0 spiro atoms. The molecule has 0 amide bonds. The summed E-state index contributed by atoms with van der Waals surface area (Å²) in [4.78, 5) is 0. The number of thiophene rings is 1. The van der Waals surface area contributed by atoms with Gasteiger partial charge in [0, 0.05) is 0 Å². The summed E-state index contributed by atoms with van der Waals surface area (Å²) in [6, 6.07) is 7.81. The predicted octanol–water partition coefficient (Wildman–Crippen LogP) is 2.81. The largest absolute Gasteiger partial charge is 0.320 e. The highest BCUT2D eigenvalue weighted by Crippen LogP contribution is 2.23. The minimum absolute atomic E-state index is 0.0307. The molecule has 0 saturated heterocycles. The average Bonchev–Trinajstić information content (AvgIpc) is 2.82. The van der Waals surface area contributed by atoms with E-state index in [2.05, 4.69) is 0 Å². The lowest BCUT2D eigenvalue weighted by Crippen LogP contribution is -2.11. The van der Waals surface area contributed by atoms with Crippen LogP contribution in [0.5, 0.6) is 0 Å². The number of nitrogens with zero attached hydrogens (tertiary/aromatic N) is 1. The zero-order valence-corrected chi connectivity index (χ0v) is 9.17. The van der Waals surface area contributed by atoms with Crippen LogP contribution in [0.1, 0.15) is 22.7 Å². The molecule has 2 aromatic rings. The van der Waals surface area contributed by atoms with Gasteiger partial charge < -0.3 is 5.73 Å². The van der Waals surface area contributed by atoms with Crippen molar-refractivity contribution >= 4 is 11.3 Å². The Balaban J connectivity index is 2.39. The third-order valence-electron chi connectivity index (χ3n) is 2.37. The molecule has 4 heteroatoms. The van der Waals surface area contributed by atoms with Crippen LogP contribution in [0.15, 0.2) is 35.0 Å². The van der Waals surface area contributed by atoms with E-state index in [0.717, 1.165) is 11.1 Å². The molecule has 2 N–H and O–H groups in total. The van der Waals surface area contributed by atoms with Crippen LogP contribution in [0.2, 0.25) is 0 Å². The number of hydrogen-bond acceptors (Lipinski definition) is 3.